The van der Waals surface area contributed by atoms with Gasteiger partial charge in [0.1, 0.15) is 6.61 Å². The van der Waals surface area contributed by atoms with Gasteiger partial charge >= 0.3 is 0 Å². The van der Waals surface area contributed by atoms with E-state index in [1.165, 1.54) is 0 Å². The van der Waals surface area contributed by atoms with Gasteiger partial charge in [0.05, 0.1) is 22.0 Å². The Morgan fingerprint density at radius 3 is 2.68 bits per heavy atom. The van der Waals surface area contributed by atoms with Crippen LogP contribution in [-0.2, 0) is 6.61 Å². The molecule has 2 aromatic rings. The second-order valence-electron chi connectivity index (χ2n) is 3.70. The van der Waals surface area contributed by atoms with Crippen LogP contribution in [0.4, 0.5) is 0 Å². The lowest BCUT2D eigenvalue weighted by Crippen LogP contribution is -1.99. The molecule has 0 atom stereocenters. The number of nitrogens with zero attached hydrogens (tertiary/aromatic N) is 1. The summed E-state index contributed by atoms with van der Waals surface area (Å²) in [6, 6.07) is 11.3. The predicted octanol–water partition coefficient (Wildman–Crippen LogP) is 4.36. The molecule has 0 radical (unpaired) electrons. The minimum Gasteiger partial charge on any atom is -0.490 e. The Hall–Kier alpha value is -1.51. The summed E-state index contributed by atoms with van der Waals surface area (Å²) in [6.07, 6.45) is 0. The molecule has 98 valence electrons. The monoisotopic (exact) mass is 337 g/mol. The highest BCUT2D eigenvalue weighted by Crippen LogP contribution is 2.30. The maximum absolute atomic E-state index is 8.88. The van der Waals surface area contributed by atoms with Gasteiger partial charge in [0.2, 0.25) is 0 Å². The van der Waals surface area contributed by atoms with Crippen molar-refractivity contribution < 1.29 is 9.47 Å². The van der Waals surface area contributed by atoms with Crippen molar-refractivity contribution in [3.63, 3.8) is 0 Å². The predicted molar refractivity (Wildman–Crippen MR) is 78.7 cm³/mol. The molecule has 0 bridgehead atoms. The number of hydrogen-bond acceptors (Lipinski definition) is 4. The van der Waals surface area contributed by atoms with Crippen molar-refractivity contribution in [1.82, 2.24) is 0 Å². The lowest BCUT2D eigenvalue weighted by atomic mass is 10.2. The Labute approximate surface area is 124 Å². The first-order valence-electron chi connectivity index (χ1n) is 5.77. The molecule has 0 aliphatic carbocycles. The molecule has 3 nitrogen and oxygen atoms in total. The normalized spacial score (nSPS) is 9.95. The number of benzene rings is 1. The molecule has 0 aliphatic rings. The lowest BCUT2D eigenvalue weighted by Gasteiger charge is -2.11. The van der Waals surface area contributed by atoms with Crippen LogP contribution in [0.25, 0.3) is 0 Å². The van der Waals surface area contributed by atoms with E-state index >= 15 is 0 Å². The van der Waals surface area contributed by atoms with Crippen LogP contribution >= 0.6 is 27.3 Å². The van der Waals surface area contributed by atoms with E-state index in [1.807, 2.05) is 19.1 Å². The highest BCUT2D eigenvalue weighted by atomic mass is 79.9. The maximum Gasteiger partial charge on any atom is 0.162 e. The average Bonchev–Trinajstić information content (AvgIpc) is 2.83. The summed E-state index contributed by atoms with van der Waals surface area (Å²) in [6.45, 7) is 2.93. The van der Waals surface area contributed by atoms with E-state index in [1.54, 1.807) is 29.5 Å². The quantitative estimate of drug-likeness (QED) is 0.813. The van der Waals surface area contributed by atoms with E-state index in [2.05, 4.69) is 22.0 Å². The number of hydrogen-bond donors (Lipinski definition) is 0. The fraction of sp³-hybridized carbons (Fsp3) is 0.214. The SMILES string of the molecule is CCOc1cc(C#N)ccc1OCc1ccc(Br)s1. The van der Waals surface area contributed by atoms with Gasteiger partial charge in [-0.1, -0.05) is 0 Å². The molecule has 1 aromatic carbocycles. The second kappa shape index (κ2) is 6.60. The van der Waals surface area contributed by atoms with Gasteiger partial charge < -0.3 is 9.47 Å². The number of nitriles is 1. The summed E-state index contributed by atoms with van der Waals surface area (Å²) < 4.78 is 12.3. The highest BCUT2D eigenvalue weighted by molar-refractivity contribution is 9.11. The summed E-state index contributed by atoms with van der Waals surface area (Å²) in [5.41, 5.74) is 0.565. The standard InChI is InChI=1S/C14H12BrNO2S/c1-2-17-13-7-10(8-16)3-5-12(13)18-9-11-4-6-14(15)19-11/h3-7H,2,9H2,1H3. The Morgan fingerprint density at radius 1 is 1.21 bits per heavy atom. The second-order valence-corrected chi connectivity index (χ2v) is 6.25. The van der Waals surface area contributed by atoms with Crippen molar-refractivity contribution in [3.05, 3.63) is 44.6 Å². The van der Waals surface area contributed by atoms with Crippen molar-refractivity contribution in [3.8, 4) is 17.6 Å². The summed E-state index contributed by atoms with van der Waals surface area (Å²) in [7, 11) is 0. The van der Waals surface area contributed by atoms with Gasteiger partial charge in [-0.05, 0) is 47.1 Å². The van der Waals surface area contributed by atoms with Crippen LogP contribution in [0.3, 0.4) is 0 Å². The minimum absolute atomic E-state index is 0.488. The van der Waals surface area contributed by atoms with E-state index in [4.69, 9.17) is 14.7 Å². The summed E-state index contributed by atoms with van der Waals surface area (Å²) in [5, 5.41) is 8.88. The van der Waals surface area contributed by atoms with Crippen LogP contribution in [0.2, 0.25) is 0 Å². The Bertz CT molecular complexity index is 604. The maximum atomic E-state index is 8.88. The third-order valence-corrected chi connectivity index (χ3v) is 3.97. The van der Waals surface area contributed by atoms with Crippen LogP contribution in [0.1, 0.15) is 17.4 Å². The zero-order valence-corrected chi connectivity index (χ0v) is 12.8. The molecular formula is C14H12BrNO2S. The number of rotatable bonds is 5. The van der Waals surface area contributed by atoms with Gasteiger partial charge in [-0.3, -0.25) is 0 Å². The topological polar surface area (TPSA) is 42.2 Å². The van der Waals surface area contributed by atoms with E-state index in [-0.39, 0.29) is 0 Å². The molecule has 2 rings (SSSR count). The van der Waals surface area contributed by atoms with Crippen molar-refractivity contribution >= 4 is 27.3 Å². The molecule has 5 heteroatoms. The molecule has 1 heterocycles. The van der Waals surface area contributed by atoms with Crippen LogP contribution in [0.15, 0.2) is 34.1 Å². The molecule has 1 aromatic heterocycles. The smallest absolute Gasteiger partial charge is 0.162 e. The molecule has 0 amide bonds. The molecule has 0 unspecified atom stereocenters. The summed E-state index contributed by atoms with van der Waals surface area (Å²) in [5.74, 6) is 1.27. The Balaban J connectivity index is 2.12. The van der Waals surface area contributed by atoms with E-state index in [9.17, 15) is 0 Å². The van der Waals surface area contributed by atoms with Gasteiger partial charge in [0, 0.05) is 10.9 Å². The van der Waals surface area contributed by atoms with Gasteiger partial charge in [-0.2, -0.15) is 5.26 Å². The van der Waals surface area contributed by atoms with Crippen LogP contribution in [-0.4, -0.2) is 6.61 Å². The summed E-state index contributed by atoms with van der Waals surface area (Å²) in [4.78, 5) is 1.12. The van der Waals surface area contributed by atoms with E-state index < -0.39 is 0 Å². The molecular weight excluding hydrogens is 326 g/mol. The molecule has 19 heavy (non-hydrogen) atoms. The largest absolute Gasteiger partial charge is 0.490 e. The third kappa shape index (κ3) is 3.72. The van der Waals surface area contributed by atoms with Gasteiger partial charge in [-0.15, -0.1) is 11.3 Å². The Kier molecular flexibility index (Phi) is 4.83. The zero-order chi connectivity index (χ0) is 13.7. The van der Waals surface area contributed by atoms with Crippen LogP contribution in [0.5, 0.6) is 11.5 Å². The zero-order valence-electron chi connectivity index (χ0n) is 10.4. The number of thiophene rings is 1. The van der Waals surface area contributed by atoms with Crippen molar-refractivity contribution in [2.75, 3.05) is 6.61 Å². The van der Waals surface area contributed by atoms with Crippen molar-refractivity contribution in [2.45, 2.75) is 13.5 Å². The minimum atomic E-state index is 0.488. The van der Waals surface area contributed by atoms with Crippen LogP contribution < -0.4 is 9.47 Å². The fourth-order valence-corrected chi connectivity index (χ4v) is 2.94. The number of halogens is 1. The van der Waals surface area contributed by atoms with Crippen molar-refractivity contribution in [1.29, 1.82) is 5.26 Å². The number of ether oxygens (including phenoxy) is 2. The lowest BCUT2D eigenvalue weighted by molar-refractivity contribution is 0.271. The highest BCUT2D eigenvalue weighted by Gasteiger charge is 2.07. The average molecular weight is 338 g/mol. The van der Waals surface area contributed by atoms with Crippen molar-refractivity contribution in [2.24, 2.45) is 0 Å². The van der Waals surface area contributed by atoms with E-state index in [0.29, 0.717) is 30.3 Å². The van der Waals surface area contributed by atoms with Gasteiger partial charge in [0.15, 0.2) is 11.5 Å². The Morgan fingerprint density at radius 2 is 2.05 bits per heavy atom. The van der Waals surface area contributed by atoms with Gasteiger partial charge in [0.25, 0.3) is 0 Å². The first kappa shape index (κ1) is 13.9. The molecule has 0 saturated carbocycles. The first-order valence-corrected chi connectivity index (χ1v) is 7.38. The summed E-state index contributed by atoms with van der Waals surface area (Å²) >= 11 is 5.05. The first-order chi connectivity index (χ1) is 9.22. The molecule has 0 fully saturated rings. The molecule has 0 N–H and O–H groups in total. The molecule has 0 aliphatic heterocycles. The molecule has 0 saturated heterocycles. The molecule has 0 spiro atoms. The van der Waals surface area contributed by atoms with Gasteiger partial charge in [-0.25, -0.2) is 0 Å². The van der Waals surface area contributed by atoms with Crippen LogP contribution in [0, 0.1) is 11.3 Å². The third-order valence-electron chi connectivity index (χ3n) is 2.37. The van der Waals surface area contributed by atoms with E-state index in [0.717, 1.165) is 8.66 Å². The fourth-order valence-electron chi connectivity index (χ4n) is 1.54.